The minimum atomic E-state index is 0.370. The number of piperazine rings is 1. The van der Waals surface area contributed by atoms with Crippen molar-refractivity contribution in [1.29, 1.82) is 0 Å². The summed E-state index contributed by atoms with van der Waals surface area (Å²) in [6.07, 6.45) is 12.5. The molecule has 3 aromatic heterocycles. The molecule has 4 aromatic rings. The Morgan fingerprint density at radius 3 is 2.72 bits per heavy atom. The minimum absolute atomic E-state index is 0.370. The molecule has 0 unspecified atom stereocenters. The lowest BCUT2D eigenvalue weighted by molar-refractivity contribution is 0.161. The Morgan fingerprint density at radius 1 is 0.923 bits per heavy atom. The Balaban J connectivity index is 1.34. The molecule has 0 radical (unpaired) electrons. The first-order chi connectivity index (χ1) is 19.3. The number of pyridine rings is 2. The molecule has 1 N–H and O–H groups in total. The van der Waals surface area contributed by atoms with E-state index in [4.69, 9.17) is 9.97 Å². The van der Waals surface area contributed by atoms with Crippen molar-refractivity contribution in [3.63, 3.8) is 0 Å². The third kappa shape index (κ3) is 5.74. The van der Waals surface area contributed by atoms with Gasteiger partial charge < -0.3 is 14.8 Å². The highest BCUT2D eigenvalue weighted by atomic mass is 15.2. The van der Waals surface area contributed by atoms with Crippen molar-refractivity contribution < 1.29 is 0 Å². The van der Waals surface area contributed by atoms with Crippen molar-refractivity contribution in [3.05, 3.63) is 71.8 Å². The fraction of sp³-hybridized carbons (Fsp3) is 0.515. The van der Waals surface area contributed by atoms with Crippen LogP contribution in [0.5, 0.6) is 0 Å². The third-order valence-corrected chi connectivity index (χ3v) is 8.83. The monoisotopic (exact) mass is 524 g/mol. The molecule has 39 heavy (non-hydrogen) atoms. The van der Waals surface area contributed by atoms with Gasteiger partial charge in [0.15, 0.2) is 0 Å². The molecule has 4 heterocycles. The van der Waals surface area contributed by atoms with E-state index in [0.717, 1.165) is 65.2 Å². The van der Waals surface area contributed by atoms with Gasteiger partial charge in [-0.3, -0.25) is 14.9 Å². The quantitative estimate of drug-likeness (QED) is 0.246. The lowest BCUT2D eigenvalue weighted by atomic mass is 9.90. The van der Waals surface area contributed by atoms with Crippen LogP contribution in [-0.4, -0.2) is 63.6 Å². The summed E-state index contributed by atoms with van der Waals surface area (Å²) in [6.45, 7) is 11.0. The van der Waals surface area contributed by atoms with Crippen molar-refractivity contribution in [1.82, 2.24) is 29.7 Å². The molecule has 6 heteroatoms. The zero-order valence-corrected chi connectivity index (χ0v) is 23.6. The standard InChI is InChI=1S/C33H44N6/c1-2-3-6-21-38(31-14-7-10-26-11-8-16-36-32(26)31)25-29-33-28(15-17-35-29)27-12-4-5-13-30(27)39(33)22-9-20-37-23-18-34-19-24-37/h4-5,8,11-13,15-17,31,34H,2-3,6-7,9-10,14,18-25H2,1H3/t31-/m0/s1. The molecule has 1 saturated heterocycles. The zero-order chi connectivity index (χ0) is 26.4. The van der Waals surface area contributed by atoms with Crippen LogP contribution in [0.3, 0.4) is 0 Å². The second kappa shape index (κ2) is 12.6. The summed E-state index contributed by atoms with van der Waals surface area (Å²) in [5.41, 5.74) is 6.61. The first kappa shape index (κ1) is 26.4. The summed E-state index contributed by atoms with van der Waals surface area (Å²) in [4.78, 5) is 15.3. The summed E-state index contributed by atoms with van der Waals surface area (Å²) < 4.78 is 2.58. The Labute approximate surface area is 233 Å². The van der Waals surface area contributed by atoms with E-state index >= 15 is 0 Å². The van der Waals surface area contributed by atoms with E-state index in [1.54, 1.807) is 0 Å². The van der Waals surface area contributed by atoms with Crippen LogP contribution in [0.1, 0.15) is 68.4 Å². The van der Waals surface area contributed by atoms with Crippen LogP contribution in [0, 0.1) is 0 Å². The molecule has 1 fully saturated rings. The van der Waals surface area contributed by atoms with E-state index in [-0.39, 0.29) is 0 Å². The van der Waals surface area contributed by atoms with Crippen molar-refractivity contribution in [2.45, 2.75) is 71.0 Å². The van der Waals surface area contributed by atoms with Gasteiger partial charge in [0, 0.05) is 68.0 Å². The van der Waals surface area contributed by atoms with E-state index < -0.39 is 0 Å². The highest BCUT2D eigenvalue weighted by molar-refractivity contribution is 6.08. The van der Waals surface area contributed by atoms with Crippen LogP contribution < -0.4 is 5.32 Å². The van der Waals surface area contributed by atoms with Gasteiger partial charge in [-0.25, -0.2) is 0 Å². The van der Waals surface area contributed by atoms with Crippen LogP contribution in [0.25, 0.3) is 21.8 Å². The van der Waals surface area contributed by atoms with Crippen LogP contribution >= 0.6 is 0 Å². The number of benzene rings is 1. The minimum Gasteiger partial charge on any atom is -0.339 e. The largest absolute Gasteiger partial charge is 0.339 e. The van der Waals surface area contributed by atoms with Gasteiger partial charge in [-0.2, -0.15) is 0 Å². The van der Waals surface area contributed by atoms with Gasteiger partial charge in [0.05, 0.1) is 22.9 Å². The number of fused-ring (bicyclic) bond motifs is 4. The average molecular weight is 525 g/mol. The SMILES string of the molecule is CCCCCN(Cc1nccc2c3ccccc3n(CCCN3CCNCC3)c12)[C@H]1CCCc2cccnc21. The topological polar surface area (TPSA) is 49.2 Å². The Hall–Kier alpha value is -2.80. The second-order valence-electron chi connectivity index (χ2n) is 11.4. The molecule has 0 amide bonds. The van der Waals surface area contributed by atoms with Gasteiger partial charge in [0.1, 0.15) is 0 Å². The maximum Gasteiger partial charge on any atom is 0.0786 e. The average Bonchev–Trinajstić information content (AvgIpc) is 3.31. The van der Waals surface area contributed by atoms with Crippen LogP contribution in [-0.2, 0) is 19.5 Å². The van der Waals surface area contributed by atoms with Crippen molar-refractivity contribution in [2.24, 2.45) is 0 Å². The second-order valence-corrected chi connectivity index (χ2v) is 11.4. The third-order valence-electron chi connectivity index (χ3n) is 8.83. The van der Waals surface area contributed by atoms with Gasteiger partial charge in [-0.05, 0) is 69.0 Å². The number of para-hydroxylation sites is 1. The maximum absolute atomic E-state index is 5.08. The number of aromatic nitrogens is 3. The van der Waals surface area contributed by atoms with Gasteiger partial charge in [0.2, 0.25) is 0 Å². The predicted octanol–water partition coefficient (Wildman–Crippen LogP) is 5.95. The number of aryl methyl sites for hydroxylation is 2. The fourth-order valence-electron chi connectivity index (χ4n) is 6.85. The summed E-state index contributed by atoms with van der Waals surface area (Å²) >= 11 is 0. The number of nitrogens with zero attached hydrogens (tertiary/aromatic N) is 5. The number of unbranched alkanes of at least 4 members (excludes halogenated alkanes) is 2. The molecule has 1 aliphatic carbocycles. The van der Waals surface area contributed by atoms with Gasteiger partial charge >= 0.3 is 0 Å². The Kier molecular flexibility index (Phi) is 8.53. The summed E-state index contributed by atoms with van der Waals surface area (Å²) in [5.74, 6) is 0. The first-order valence-corrected chi connectivity index (χ1v) is 15.3. The molecule has 1 aliphatic heterocycles. The number of nitrogens with one attached hydrogen (secondary N) is 1. The van der Waals surface area contributed by atoms with Crippen LogP contribution in [0.4, 0.5) is 0 Å². The predicted molar refractivity (Wildman–Crippen MR) is 161 cm³/mol. The molecular weight excluding hydrogens is 480 g/mol. The fourth-order valence-corrected chi connectivity index (χ4v) is 6.85. The number of hydrogen-bond acceptors (Lipinski definition) is 5. The molecule has 1 atom stereocenters. The molecule has 6 nitrogen and oxygen atoms in total. The maximum atomic E-state index is 5.08. The molecule has 2 aliphatic rings. The van der Waals surface area contributed by atoms with E-state index in [0.29, 0.717) is 6.04 Å². The molecule has 0 spiro atoms. The highest BCUT2D eigenvalue weighted by Crippen LogP contribution is 2.36. The summed E-state index contributed by atoms with van der Waals surface area (Å²) in [5, 5.41) is 6.17. The smallest absolute Gasteiger partial charge is 0.0786 e. The van der Waals surface area contributed by atoms with Crippen LogP contribution in [0.2, 0.25) is 0 Å². The number of hydrogen-bond donors (Lipinski definition) is 1. The van der Waals surface area contributed by atoms with Crippen molar-refractivity contribution in [3.8, 4) is 0 Å². The van der Waals surface area contributed by atoms with Gasteiger partial charge in [-0.1, -0.05) is 44.0 Å². The molecule has 6 rings (SSSR count). The van der Waals surface area contributed by atoms with Crippen molar-refractivity contribution >= 4 is 21.8 Å². The lowest BCUT2D eigenvalue weighted by Crippen LogP contribution is -2.43. The molecule has 0 bridgehead atoms. The van der Waals surface area contributed by atoms with E-state index in [9.17, 15) is 0 Å². The Morgan fingerprint density at radius 2 is 1.82 bits per heavy atom. The zero-order valence-electron chi connectivity index (χ0n) is 23.6. The first-order valence-electron chi connectivity index (χ1n) is 15.3. The van der Waals surface area contributed by atoms with E-state index in [1.165, 1.54) is 70.9 Å². The van der Waals surface area contributed by atoms with Gasteiger partial charge in [0.25, 0.3) is 0 Å². The van der Waals surface area contributed by atoms with Crippen molar-refractivity contribution in [2.75, 3.05) is 39.3 Å². The molecule has 206 valence electrons. The highest BCUT2D eigenvalue weighted by Gasteiger charge is 2.28. The van der Waals surface area contributed by atoms with Crippen LogP contribution in [0.15, 0.2) is 54.9 Å². The Bertz CT molecular complexity index is 1370. The number of rotatable bonds is 11. The summed E-state index contributed by atoms with van der Waals surface area (Å²) in [7, 11) is 0. The molecular formula is C33H44N6. The van der Waals surface area contributed by atoms with E-state index in [2.05, 4.69) is 69.1 Å². The normalized spacial score (nSPS) is 18.3. The van der Waals surface area contributed by atoms with Gasteiger partial charge in [-0.15, -0.1) is 0 Å². The molecule has 1 aromatic carbocycles. The van der Waals surface area contributed by atoms with E-state index in [1.807, 2.05) is 12.4 Å². The lowest BCUT2D eigenvalue weighted by Gasteiger charge is -2.35. The summed E-state index contributed by atoms with van der Waals surface area (Å²) in [6, 6.07) is 15.9. The molecule has 0 saturated carbocycles.